The molecule has 0 radical (unpaired) electrons. The van der Waals surface area contributed by atoms with Gasteiger partial charge in [-0.15, -0.1) is 0 Å². The van der Waals surface area contributed by atoms with Crippen LogP contribution in [0.25, 0.3) is 0 Å². The number of aliphatic carboxylic acids is 1. The molecule has 1 aliphatic rings. The molecule has 1 aliphatic carbocycles. The van der Waals surface area contributed by atoms with Crippen LogP contribution in [-0.4, -0.2) is 28.7 Å². The molecule has 1 heterocycles. The minimum atomic E-state index is -1.06. The fourth-order valence-corrected chi connectivity index (χ4v) is 2.07. The van der Waals surface area contributed by atoms with Gasteiger partial charge in [0.05, 0.1) is 5.69 Å². The van der Waals surface area contributed by atoms with Crippen LogP contribution in [0.4, 0.5) is 5.69 Å². The van der Waals surface area contributed by atoms with Crippen LogP contribution in [0, 0.1) is 0 Å². The van der Waals surface area contributed by atoms with Crippen molar-refractivity contribution in [2.75, 3.05) is 11.9 Å². The number of anilines is 1. The van der Waals surface area contributed by atoms with Gasteiger partial charge < -0.3 is 19.7 Å². The molecule has 22 heavy (non-hydrogen) atoms. The van der Waals surface area contributed by atoms with Gasteiger partial charge in [0.15, 0.2) is 6.61 Å². The molecule has 0 unspecified atom stereocenters. The Labute approximate surface area is 125 Å². The predicted molar refractivity (Wildman–Crippen MR) is 76.0 cm³/mol. The number of nitrogens with one attached hydrogen (secondary N) is 1. The van der Waals surface area contributed by atoms with Crippen LogP contribution < -0.4 is 10.1 Å². The maximum atomic E-state index is 12.3. The number of aromatic nitrogens is 1. The van der Waals surface area contributed by atoms with Gasteiger partial charge in [0.2, 0.25) is 0 Å². The van der Waals surface area contributed by atoms with Gasteiger partial charge in [0, 0.05) is 17.7 Å². The maximum Gasteiger partial charge on any atom is 0.341 e. The average molecular weight is 302 g/mol. The number of carbonyl (C=O) groups excluding carboxylic acids is 1. The van der Waals surface area contributed by atoms with Crippen molar-refractivity contribution < 1.29 is 24.0 Å². The summed E-state index contributed by atoms with van der Waals surface area (Å²) in [6.45, 7) is -0.436. The molecule has 0 saturated heterocycles. The number of carboxylic acids is 1. The summed E-state index contributed by atoms with van der Waals surface area (Å²) in [4.78, 5) is 22.7. The Balaban J connectivity index is 1.69. The minimum absolute atomic E-state index is 0.307. The highest BCUT2D eigenvalue weighted by Gasteiger charge is 2.31. The number of benzene rings is 1. The van der Waals surface area contributed by atoms with E-state index >= 15 is 0 Å². The highest BCUT2D eigenvalue weighted by atomic mass is 16.5. The number of amides is 1. The molecular formula is C15H14N2O5. The van der Waals surface area contributed by atoms with Gasteiger partial charge in [-0.05, 0) is 25.0 Å². The lowest BCUT2D eigenvalue weighted by Crippen LogP contribution is -2.13. The normalized spacial score (nSPS) is 13.6. The van der Waals surface area contributed by atoms with Crippen LogP contribution >= 0.6 is 0 Å². The van der Waals surface area contributed by atoms with E-state index in [9.17, 15) is 9.59 Å². The van der Waals surface area contributed by atoms with Gasteiger partial charge in [-0.2, -0.15) is 0 Å². The van der Waals surface area contributed by atoms with E-state index in [0.29, 0.717) is 28.6 Å². The number of rotatable bonds is 6. The molecule has 1 aromatic carbocycles. The van der Waals surface area contributed by atoms with Crippen LogP contribution in [0.2, 0.25) is 0 Å². The lowest BCUT2D eigenvalue weighted by Gasteiger charge is -2.07. The SMILES string of the molecule is O=C(O)COc1cccc(NC(=O)c2conc2C2CC2)c1. The Morgan fingerprint density at radius 2 is 2.23 bits per heavy atom. The van der Waals surface area contributed by atoms with Crippen molar-refractivity contribution in [3.8, 4) is 5.75 Å². The van der Waals surface area contributed by atoms with Crippen molar-refractivity contribution in [3.63, 3.8) is 0 Å². The Morgan fingerprint density at radius 3 is 2.95 bits per heavy atom. The quantitative estimate of drug-likeness (QED) is 0.848. The third kappa shape index (κ3) is 3.25. The maximum absolute atomic E-state index is 12.3. The number of carboxylic acid groups (broad SMARTS) is 1. The molecule has 2 N–H and O–H groups in total. The van der Waals surface area contributed by atoms with Crippen molar-refractivity contribution in [3.05, 3.63) is 41.8 Å². The molecule has 1 amide bonds. The lowest BCUT2D eigenvalue weighted by molar-refractivity contribution is -0.139. The topological polar surface area (TPSA) is 102 Å². The fourth-order valence-electron chi connectivity index (χ4n) is 2.07. The zero-order chi connectivity index (χ0) is 15.5. The van der Waals surface area contributed by atoms with E-state index in [2.05, 4.69) is 10.5 Å². The summed E-state index contributed by atoms with van der Waals surface area (Å²) >= 11 is 0. The Hall–Kier alpha value is -2.83. The Bertz CT molecular complexity index is 705. The largest absolute Gasteiger partial charge is 0.482 e. The molecule has 0 bridgehead atoms. The number of hydrogen-bond acceptors (Lipinski definition) is 5. The molecule has 7 heteroatoms. The molecule has 7 nitrogen and oxygen atoms in total. The summed E-state index contributed by atoms with van der Waals surface area (Å²) in [6, 6.07) is 6.54. The van der Waals surface area contributed by atoms with E-state index < -0.39 is 12.6 Å². The monoisotopic (exact) mass is 302 g/mol. The smallest absolute Gasteiger partial charge is 0.341 e. The fraction of sp³-hybridized carbons (Fsp3) is 0.267. The molecule has 0 atom stereocenters. The summed E-state index contributed by atoms with van der Waals surface area (Å²) in [5, 5.41) is 15.2. The zero-order valence-corrected chi connectivity index (χ0v) is 11.6. The molecule has 1 aromatic heterocycles. The van der Waals surface area contributed by atoms with Crippen LogP contribution in [0.1, 0.15) is 34.8 Å². The molecule has 0 spiro atoms. The molecule has 2 aromatic rings. The van der Waals surface area contributed by atoms with E-state index in [1.165, 1.54) is 6.26 Å². The highest BCUT2D eigenvalue weighted by molar-refractivity contribution is 6.05. The number of hydrogen-bond donors (Lipinski definition) is 2. The molecule has 3 rings (SSSR count). The van der Waals surface area contributed by atoms with Gasteiger partial charge in [-0.25, -0.2) is 4.79 Å². The summed E-state index contributed by atoms with van der Waals surface area (Å²) < 4.78 is 9.96. The molecule has 114 valence electrons. The summed E-state index contributed by atoms with van der Waals surface area (Å²) in [6.07, 6.45) is 3.38. The molecular weight excluding hydrogens is 288 g/mol. The van der Waals surface area contributed by atoms with E-state index in [-0.39, 0.29) is 5.91 Å². The van der Waals surface area contributed by atoms with Crippen LogP contribution in [-0.2, 0) is 4.79 Å². The number of ether oxygens (including phenoxy) is 1. The zero-order valence-electron chi connectivity index (χ0n) is 11.6. The van der Waals surface area contributed by atoms with Gasteiger partial charge in [-0.3, -0.25) is 4.79 Å². The van der Waals surface area contributed by atoms with Crippen LogP contribution in [0.5, 0.6) is 5.75 Å². The molecule has 1 fully saturated rings. The van der Waals surface area contributed by atoms with Crippen LogP contribution in [0.15, 0.2) is 35.1 Å². The average Bonchev–Trinajstić information content (AvgIpc) is 3.22. The minimum Gasteiger partial charge on any atom is -0.482 e. The van der Waals surface area contributed by atoms with Crippen molar-refractivity contribution in [2.24, 2.45) is 0 Å². The van der Waals surface area contributed by atoms with E-state index in [1.807, 2.05) is 0 Å². The van der Waals surface area contributed by atoms with E-state index in [0.717, 1.165) is 12.8 Å². The van der Waals surface area contributed by atoms with Crippen molar-refractivity contribution >= 4 is 17.6 Å². The summed E-state index contributed by atoms with van der Waals surface area (Å²) in [5.74, 6) is -0.691. The van der Waals surface area contributed by atoms with Gasteiger partial charge in [0.25, 0.3) is 5.91 Å². The van der Waals surface area contributed by atoms with Crippen molar-refractivity contribution in [1.29, 1.82) is 0 Å². The van der Waals surface area contributed by atoms with Gasteiger partial charge in [-0.1, -0.05) is 11.2 Å². The standard InChI is InChI=1S/C15H14N2O5/c18-13(19)8-21-11-3-1-2-10(6-11)16-15(20)12-7-22-17-14(12)9-4-5-9/h1-3,6-7,9H,4-5,8H2,(H,16,20)(H,18,19). The second kappa shape index (κ2) is 5.88. The molecule has 0 aliphatic heterocycles. The summed E-state index contributed by atoms with van der Waals surface area (Å²) in [5.41, 5.74) is 1.63. The first-order chi connectivity index (χ1) is 10.6. The first-order valence-corrected chi connectivity index (χ1v) is 6.84. The van der Waals surface area contributed by atoms with E-state index in [4.69, 9.17) is 14.4 Å². The van der Waals surface area contributed by atoms with Crippen molar-refractivity contribution in [1.82, 2.24) is 5.16 Å². The first-order valence-electron chi connectivity index (χ1n) is 6.84. The third-order valence-electron chi connectivity index (χ3n) is 3.26. The highest BCUT2D eigenvalue weighted by Crippen LogP contribution is 2.40. The number of nitrogens with zero attached hydrogens (tertiary/aromatic N) is 1. The van der Waals surface area contributed by atoms with Gasteiger partial charge >= 0.3 is 5.97 Å². The number of carbonyl (C=O) groups is 2. The lowest BCUT2D eigenvalue weighted by atomic mass is 10.1. The Kier molecular flexibility index (Phi) is 3.78. The predicted octanol–water partition coefficient (Wildman–Crippen LogP) is 2.27. The second-order valence-electron chi connectivity index (χ2n) is 5.05. The molecule has 1 saturated carbocycles. The second-order valence-corrected chi connectivity index (χ2v) is 5.05. The third-order valence-corrected chi connectivity index (χ3v) is 3.26. The van der Waals surface area contributed by atoms with E-state index in [1.54, 1.807) is 24.3 Å². The Morgan fingerprint density at radius 1 is 1.41 bits per heavy atom. The first kappa shape index (κ1) is 14.1. The van der Waals surface area contributed by atoms with Gasteiger partial charge in [0.1, 0.15) is 17.6 Å². The van der Waals surface area contributed by atoms with Crippen LogP contribution in [0.3, 0.4) is 0 Å². The van der Waals surface area contributed by atoms with Crippen molar-refractivity contribution in [2.45, 2.75) is 18.8 Å². The summed E-state index contributed by atoms with van der Waals surface area (Å²) in [7, 11) is 0.